The molecule has 6 aromatic rings. The maximum Gasteiger partial charge on any atom is 0.300 e. The Hall–Kier alpha value is -4.66. The first-order chi connectivity index (χ1) is 24.3. The molecule has 0 saturated heterocycles. The third-order valence-corrected chi connectivity index (χ3v) is 12.2. The number of carboxylic acid groups (broad SMARTS) is 2. The predicted octanol–water partition coefficient (Wildman–Crippen LogP) is 7.07. The molecular weight excluding hydrogens is 763 g/mol. The van der Waals surface area contributed by atoms with Gasteiger partial charge in [0.05, 0.1) is 14.2 Å². The van der Waals surface area contributed by atoms with Gasteiger partial charge in [-0.05, 0) is 59.8 Å². The number of rotatable bonds is 9. The molecular formula is C42H40O6P2Ru. The van der Waals surface area contributed by atoms with E-state index in [9.17, 15) is 0 Å². The van der Waals surface area contributed by atoms with Crippen LogP contribution in [0.5, 0.6) is 11.5 Å². The molecule has 262 valence electrons. The Morgan fingerprint density at radius 1 is 0.431 bits per heavy atom. The molecule has 51 heavy (non-hydrogen) atoms. The largest absolute Gasteiger partial charge is 0.496 e. The molecule has 6 rings (SSSR count). The van der Waals surface area contributed by atoms with Crippen molar-refractivity contribution in [2.45, 2.75) is 13.8 Å². The smallest absolute Gasteiger partial charge is 0.300 e. The van der Waals surface area contributed by atoms with Crippen molar-refractivity contribution in [3.05, 3.63) is 158 Å². The minimum Gasteiger partial charge on any atom is -0.496 e. The zero-order valence-corrected chi connectivity index (χ0v) is 32.3. The average molecular weight is 804 g/mol. The number of hydrogen-bond donors (Lipinski definition) is 2. The van der Waals surface area contributed by atoms with Crippen LogP contribution in [-0.2, 0) is 29.1 Å². The van der Waals surface area contributed by atoms with E-state index in [1.165, 1.54) is 31.8 Å². The van der Waals surface area contributed by atoms with Gasteiger partial charge in [-0.1, -0.05) is 146 Å². The van der Waals surface area contributed by atoms with E-state index >= 15 is 0 Å². The monoisotopic (exact) mass is 804 g/mol. The molecule has 6 nitrogen and oxygen atoms in total. The van der Waals surface area contributed by atoms with Gasteiger partial charge < -0.3 is 19.7 Å². The quantitative estimate of drug-likeness (QED) is 0.120. The van der Waals surface area contributed by atoms with Crippen LogP contribution in [0.1, 0.15) is 13.8 Å². The average Bonchev–Trinajstić information content (AvgIpc) is 3.13. The van der Waals surface area contributed by atoms with Crippen molar-refractivity contribution in [3.8, 4) is 22.6 Å². The van der Waals surface area contributed by atoms with E-state index in [1.807, 2.05) is 0 Å². The van der Waals surface area contributed by atoms with Gasteiger partial charge in [-0.15, -0.1) is 0 Å². The Kier molecular flexibility index (Phi) is 16.7. The van der Waals surface area contributed by atoms with Crippen molar-refractivity contribution >= 4 is 59.6 Å². The van der Waals surface area contributed by atoms with Crippen LogP contribution in [0.25, 0.3) is 11.1 Å². The molecule has 0 aromatic heterocycles. The van der Waals surface area contributed by atoms with Gasteiger partial charge >= 0.3 is 0 Å². The van der Waals surface area contributed by atoms with Crippen molar-refractivity contribution in [2.75, 3.05) is 14.2 Å². The molecule has 0 aliphatic rings. The maximum atomic E-state index is 9.00. The summed E-state index contributed by atoms with van der Waals surface area (Å²) in [4.78, 5) is 18.0. The van der Waals surface area contributed by atoms with Crippen LogP contribution >= 0.6 is 15.8 Å². The maximum absolute atomic E-state index is 9.00. The fraction of sp³-hybridized carbons (Fsp3) is 0.0952. The van der Waals surface area contributed by atoms with Gasteiger partial charge in [0.1, 0.15) is 11.5 Å². The van der Waals surface area contributed by atoms with Gasteiger partial charge in [0.15, 0.2) is 0 Å². The number of carboxylic acids is 2. The predicted molar refractivity (Wildman–Crippen MR) is 209 cm³/mol. The Bertz CT molecular complexity index is 1730. The number of methoxy groups -OCH3 is 2. The molecule has 0 spiro atoms. The first-order valence-corrected chi connectivity index (χ1v) is 18.5. The Labute approximate surface area is 315 Å². The molecule has 0 aliphatic heterocycles. The summed E-state index contributed by atoms with van der Waals surface area (Å²) >= 11 is 0. The van der Waals surface area contributed by atoms with E-state index < -0.39 is 27.8 Å². The molecule has 0 fully saturated rings. The molecule has 0 atom stereocenters. The second kappa shape index (κ2) is 20.9. The standard InChI is InChI=1S/C38H32O2P2.2C2H4O2.Ru/c1-39-33-25-15-27-35(41(29-17-7-3-8-18-29)30-19-9-4-10-20-30)37(33)38-34(40-2)26-16-28-36(38)42(31-21-11-5-12-22-31)32-23-13-6-14-24-32;2*1-2(3)4;/h3-28H,1-2H3;2*1H3,(H,3,4);. The van der Waals surface area contributed by atoms with E-state index in [1.54, 1.807) is 14.2 Å². The molecule has 2 N–H and O–H groups in total. The van der Waals surface area contributed by atoms with E-state index in [-0.39, 0.29) is 19.5 Å². The molecule has 9 heteroatoms. The van der Waals surface area contributed by atoms with Gasteiger partial charge in [0.25, 0.3) is 11.9 Å². The van der Waals surface area contributed by atoms with Crippen LogP contribution in [0, 0.1) is 0 Å². The van der Waals surface area contributed by atoms with Crippen LogP contribution in [0.2, 0.25) is 0 Å². The Morgan fingerprint density at radius 3 is 0.882 bits per heavy atom. The molecule has 0 heterocycles. The molecule has 0 unspecified atom stereocenters. The van der Waals surface area contributed by atoms with Gasteiger partial charge in [0.2, 0.25) is 0 Å². The number of hydrogen-bond acceptors (Lipinski definition) is 4. The van der Waals surface area contributed by atoms with E-state index in [2.05, 4.69) is 158 Å². The molecule has 0 saturated carbocycles. The summed E-state index contributed by atoms with van der Waals surface area (Å²) < 4.78 is 12.3. The molecule has 0 amide bonds. The number of benzene rings is 6. The third kappa shape index (κ3) is 11.2. The Morgan fingerprint density at radius 2 is 0.667 bits per heavy atom. The van der Waals surface area contributed by atoms with Crippen LogP contribution in [0.15, 0.2) is 158 Å². The fourth-order valence-corrected chi connectivity index (χ4v) is 10.4. The molecule has 0 radical (unpaired) electrons. The summed E-state index contributed by atoms with van der Waals surface area (Å²) in [6, 6.07) is 56.2. The summed E-state index contributed by atoms with van der Waals surface area (Å²) in [6.45, 7) is 2.17. The summed E-state index contributed by atoms with van der Waals surface area (Å²) in [5.41, 5.74) is 2.18. The summed E-state index contributed by atoms with van der Waals surface area (Å²) in [7, 11) is 1.74. The zero-order chi connectivity index (χ0) is 35.9. The third-order valence-electron chi connectivity index (χ3n) is 7.24. The minimum absolute atomic E-state index is 0. The minimum atomic E-state index is -0.898. The number of carbonyl (C=O) groups is 2. The van der Waals surface area contributed by atoms with Crippen molar-refractivity contribution in [3.63, 3.8) is 0 Å². The van der Waals surface area contributed by atoms with Gasteiger partial charge in [-0.25, -0.2) is 0 Å². The normalized spacial score (nSPS) is 10.1. The molecule has 0 aliphatic carbocycles. The Balaban J connectivity index is 0.000000709. The SMILES string of the molecule is CC(=O)O.CC(=O)O.COc1cccc(P(c2ccccc2)c2ccccc2)c1-c1c(OC)cccc1P(c1ccccc1)c1ccccc1.[Ru]. The number of aliphatic carboxylic acids is 2. The first-order valence-electron chi connectivity index (χ1n) is 15.8. The second-order valence-corrected chi connectivity index (χ2v) is 15.1. The van der Waals surface area contributed by atoms with Gasteiger partial charge in [-0.2, -0.15) is 0 Å². The zero-order valence-electron chi connectivity index (χ0n) is 28.8. The topological polar surface area (TPSA) is 93.1 Å². The van der Waals surface area contributed by atoms with Crippen LogP contribution in [-0.4, -0.2) is 36.4 Å². The summed E-state index contributed by atoms with van der Waals surface area (Å²) in [6.07, 6.45) is 0. The van der Waals surface area contributed by atoms with E-state index in [4.69, 9.17) is 29.3 Å². The van der Waals surface area contributed by atoms with Gasteiger partial charge in [-0.3, -0.25) is 9.59 Å². The second-order valence-electron chi connectivity index (χ2n) is 10.8. The van der Waals surface area contributed by atoms with E-state index in [0.29, 0.717) is 0 Å². The van der Waals surface area contributed by atoms with Gasteiger partial charge in [0, 0.05) is 44.5 Å². The summed E-state index contributed by atoms with van der Waals surface area (Å²) in [5, 5.41) is 22.5. The molecule has 0 bridgehead atoms. The van der Waals surface area contributed by atoms with Crippen molar-refractivity contribution in [1.29, 1.82) is 0 Å². The fourth-order valence-electron chi connectivity index (χ4n) is 5.42. The summed E-state index contributed by atoms with van der Waals surface area (Å²) in [5.74, 6) is 0.0161. The van der Waals surface area contributed by atoms with Crippen LogP contribution in [0.4, 0.5) is 0 Å². The number of ether oxygens (including phenoxy) is 2. The molecule has 6 aromatic carbocycles. The van der Waals surface area contributed by atoms with Crippen molar-refractivity contribution < 1.29 is 48.8 Å². The van der Waals surface area contributed by atoms with Crippen LogP contribution < -0.4 is 41.3 Å². The first kappa shape index (κ1) is 40.8. The van der Waals surface area contributed by atoms with Crippen molar-refractivity contribution in [1.82, 2.24) is 0 Å². The van der Waals surface area contributed by atoms with Crippen LogP contribution in [0.3, 0.4) is 0 Å². The van der Waals surface area contributed by atoms with Crippen molar-refractivity contribution in [2.24, 2.45) is 0 Å². The van der Waals surface area contributed by atoms with E-state index in [0.717, 1.165) is 36.5 Å².